The molecule has 148 valence electrons. The van der Waals surface area contributed by atoms with Gasteiger partial charge in [0.05, 0.1) is 26.5 Å². The SMILES string of the molecule is CCNC(=NCC(C)(C)NS(C)(=O)=O)Nc1ccc(OCC)c(OC)c1. The molecule has 0 aliphatic heterocycles. The zero-order valence-electron chi connectivity index (χ0n) is 16.3. The second-order valence-corrected chi connectivity index (χ2v) is 8.13. The molecule has 1 aromatic carbocycles. The molecular formula is C17H30N4O4S. The number of nitrogens with one attached hydrogen (secondary N) is 3. The normalized spacial score (nSPS) is 12.6. The molecule has 0 unspecified atom stereocenters. The number of aliphatic imine (C=N–C) groups is 1. The molecule has 9 heteroatoms. The third-order valence-electron chi connectivity index (χ3n) is 3.16. The van der Waals surface area contributed by atoms with Crippen LogP contribution in [-0.4, -0.2) is 53.0 Å². The zero-order valence-corrected chi connectivity index (χ0v) is 17.2. The summed E-state index contributed by atoms with van der Waals surface area (Å²) in [6, 6.07) is 5.50. The molecule has 3 N–H and O–H groups in total. The highest BCUT2D eigenvalue weighted by molar-refractivity contribution is 7.88. The Labute approximate surface area is 156 Å². The maximum absolute atomic E-state index is 11.4. The third-order valence-corrected chi connectivity index (χ3v) is 4.09. The molecule has 0 heterocycles. The second kappa shape index (κ2) is 9.63. The average molecular weight is 387 g/mol. The van der Waals surface area contributed by atoms with Crippen LogP contribution in [0.2, 0.25) is 0 Å². The lowest BCUT2D eigenvalue weighted by atomic mass is 10.1. The second-order valence-electron chi connectivity index (χ2n) is 6.38. The minimum absolute atomic E-state index is 0.267. The van der Waals surface area contributed by atoms with Crippen molar-refractivity contribution in [2.45, 2.75) is 33.2 Å². The molecule has 0 saturated carbocycles. The van der Waals surface area contributed by atoms with Gasteiger partial charge in [-0.2, -0.15) is 0 Å². The van der Waals surface area contributed by atoms with Crippen molar-refractivity contribution in [2.75, 3.05) is 38.4 Å². The van der Waals surface area contributed by atoms with Gasteiger partial charge in [-0.3, -0.25) is 4.99 Å². The first-order chi connectivity index (χ1) is 12.1. The number of methoxy groups -OCH3 is 1. The summed E-state index contributed by atoms with van der Waals surface area (Å²) < 4.78 is 36.3. The fourth-order valence-corrected chi connectivity index (χ4v) is 3.34. The lowest BCUT2D eigenvalue weighted by Gasteiger charge is -2.23. The number of hydrogen-bond donors (Lipinski definition) is 3. The molecule has 0 aliphatic rings. The van der Waals surface area contributed by atoms with Crippen LogP contribution in [0, 0.1) is 0 Å². The smallest absolute Gasteiger partial charge is 0.209 e. The van der Waals surface area contributed by atoms with E-state index in [2.05, 4.69) is 20.3 Å². The van der Waals surface area contributed by atoms with Gasteiger partial charge in [-0.1, -0.05) is 0 Å². The maximum Gasteiger partial charge on any atom is 0.209 e. The predicted molar refractivity (Wildman–Crippen MR) is 106 cm³/mol. The van der Waals surface area contributed by atoms with E-state index in [1.54, 1.807) is 21.0 Å². The van der Waals surface area contributed by atoms with Gasteiger partial charge in [-0.05, 0) is 39.8 Å². The van der Waals surface area contributed by atoms with Gasteiger partial charge >= 0.3 is 0 Å². The Balaban J connectivity index is 2.94. The van der Waals surface area contributed by atoms with Gasteiger partial charge in [0.1, 0.15) is 0 Å². The Kier molecular flexibility index (Phi) is 8.16. The van der Waals surface area contributed by atoms with Gasteiger partial charge < -0.3 is 20.1 Å². The number of benzene rings is 1. The Bertz CT molecular complexity index is 717. The van der Waals surface area contributed by atoms with E-state index in [1.807, 2.05) is 32.0 Å². The van der Waals surface area contributed by atoms with E-state index in [0.717, 1.165) is 11.9 Å². The highest BCUT2D eigenvalue weighted by Crippen LogP contribution is 2.30. The first-order valence-corrected chi connectivity index (χ1v) is 10.3. The first kappa shape index (κ1) is 22.0. The first-order valence-electron chi connectivity index (χ1n) is 8.45. The largest absolute Gasteiger partial charge is 0.493 e. The fourth-order valence-electron chi connectivity index (χ4n) is 2.27. The molecule has 0 spiro atoms. The molecular weight excluding hydrogens is 356 g/mol. The van der Waals surface area contributed by atoms with Crippen molar-refractivity contribution in [1.29, 1.82) is 0 Å². The quantitative estimate of drug-likeness (QED) is 0.442. The van der Waals surface area contributed by atoms with Crippen LogP contribution in [0.5, 0.6) is 11.5 Å². The van der Waals surface area contributed by atoms with Gasteiger partial charge in [0, 0.05) is 23.8 Å². The molecule has 0 bridgehead atoms. The summed E-state index contributed by atoms with van der Waals surface area (Å²) in [6.45, 7) is 8.91. The monoisotopic (exact) mass is 386 g/mol. The number of hydrogen-bond acceptors (Lipinski definition) is 5. The molecule has 0 radical (unpaired) electrons. The van der Waals surface area contributed by atoms with Crippen molar-refractivity contribution >= 4 is 21.7 Å². The lowest BCUT2D eigenvalue weighted by Crippen LogP contribution is -2.46. The number of nitrogens with zero attached hydrogens (tertiary/aromatic N) is 1. The summed E-state index contributed by atoms with van der Waals surface area (Å²) >= 11 is 0. The predicted octanol–water partition coefficient (Wildman–Crippen LogP) is 1.80. The van der Waals surface area contributed by atoms with E-state index in [4.69, 9.17) is 9.47 Å². The van der Waals surface area contributed by atoms with E-state index in [-0.39, 0.29) is 6.54 Å². The minimum atomic E-state index is -3.31. The van der Waals surface area contributed by atoms with Crippen LogP contribution in [0.4, 0.5) is 5.69 Å². The van der Waals surface area contributed by atoms with Crippen molar-refractivity contribution in [3.8, 4) is 11.5 Å². The topological polar surface area (TPSA) is 101 Å². The Hall–Kier alpha value is -2.00. The highest BCUT2D eigenvalue weighted by Gasteiger charge is 2.22. The van der Waals surface area contributed by atoms with Gasteiger partial charge in [-0.15, -0.1) is 0 Å². The van der Waals surface area contributed by atoms with E-state index >= 15 is 0 Å². The van der Waals surface area contributed by atoms with Crippen LogP contribution in [0.3, 0.4) is 0 Å². The molecule has 0 saturated heterocycles. The third kappa shape index (κ3) is 7.92. The number of sulfonamides is 1. The molecule has 0 atom stereocenters. The van der Waals surface area contributed by atoms with Crippen molar-refractivity contribution < 1.29 is 17.9 Å². The summed E-state index contributed by atoms with van der Waals surface area (Å²) in [5.74, 6) is 1.83. The number of ether oxygens (including phenoxy) is 2. The van der Waals surface area contributed by atoms with E-state index in [0.29, 0.717) is 30.6 Å². The van der Waals surface area contributed by atoms with Crippen LogP contribution in [-0.2, 0) is 10.0 Å². The molecule has 8 nitrogen and oxygen atoms in total. The molecule has 0 aromatic heterocycles. The summed E-state index contributed by atoms with van der Waals surface area (Å²) in [7, 11) is -1.73. The van der Waals surface area contributed by atoms with Gasteiger partial charge in [0.25, 0.3) is 0 Å². The van der Waals surface area contributed by atoms with Crippen LogP contribution >= 0.6 is 0 Å². The summed E-state index contributed by atoms with van der Waals surface area (Å²) in [5.41, 5.74) is 0.0748. The molecule has 26 heavy (non-hydrogen) atoms. The van der Waals surface area contributed by atoms with Crippen molar-refractivity contribution in [3.05, 3.63) is 18.2 Å². The zero-order chi connectivity index (χ0) is 19.8. The van der Waals surface area contributed by atoms with E-state index in [9.17, 15) is 8.42 Å². The van der Waals surface area contributed by atoms with Crippen molar-refractivity contribution in [1.82, 2.24) is 10.0 Å². The van der Waals surface area contributed by atoms with Gasteiger partial charge in [0.15, 0.2) is 17.5 Å². The molecule has 1 rings (SSSR count). The maximum atomic E-state index is 11.4. The van der Waals surface area contributed by atoms with Crippen LogP contribution in [0.15, 0.2) is 23.2 Å². The van der Waals surface area contributed by atoms with Crippen LogP contribution < -0.4 is 24.8 Å². The summed E-state index contributed by atoms with van der Waals surface area (Å²) in [6.07, 6.45) is 1.13. The fraction of sp³-hybridized carbons (Fsp3) is 0.588. The molecule has 0 amide bonds. The van der Waals surface area contributed by atoms with Crippen molar-refractivity contribution in [3.63, 3.8) is 0 Å². The molecule has 0 aliphatic carbocycles. The minimum Gasteiger partial charge on any atom is -0.493 e. The Morgan fingerprint density at radius 2 is 1.92 bits per heavy atom. The number of anilines is 1. The van der Waals surface area contributed by atoms with Crippen molar-refractivity contribution in [2.24, 2.45) is 4.99 Å². The van der Waals surface area contributed by atoms with Crippen LogP contribution in [0.1, 0.15) is 27.7 Å². The summed E-state index contributed by atoms with van der Waals surface area (Å²) in [4.78, 5) is 4.47. The van der Waals surface area contributed by atoms with E-state index < -0.39 is 15.6 Å². The molecule has 0 fully saturated rings. The lowest BCUT2D eigenvalue weighted by molar-refractivity contribution is 0.311. The highest BCUT2D eigenvalue weighted by atomic mass is 32.2. The summed E-state index contributed by atoms with van der Waals surface area (Å²) in [5, 5.41) is 6.32. The van der Waals surface area contributed by atoms with Gasteiger partial charge in [-0.25, -0.2) is 13.1 Å². The van der Waals surface area contributed by atoms with Gasteiger partial charge in [0.2, 0.25) is 10.0 Å². The Morgan fingerprint density at radius 1 is 1.23 bits per heavy atom. The number of guanidine groups is 1. The van der Waals surface area contributed by atoms with Crippen LogP contribution in [0.25, 0.3) is 0 Å². The molecule has 1 aromatic rings. The van der Waals surface area contributed by atoms with E-state index in [1.165, 1.54) is 0 Å². The average Bonchev–Trinajstić information content (AvgIpc) is 2.52. The number of rotatable bonds is 9. The standard InChI is InChI=1S/C17H30N4O4S/c1-7-18-16(19-12-17(3,4)21-26(6,22)23)20-13-9-10-14(25-8-2)15(11-13)24-5/h9-11,21H,7-8,12H2,1-6H3,(H2,18,19,20). The Morgan fingerprint density at radius 3 is 2.46 bits per heavy atom.